The molecule has 4 heterocycles. The lowest BCUT2D eigenvalue weighted by atomic mass is 9.75. The van der Waals surface area contributed by atoms with Crippen molar-refractivity contribution in [2.24, 2.45) is 0 Å². The molecule has 0 saturated heterocycles. The number of hydrazine groups is 1. The van der Waals surface area contributed by atoms with Crippen molar-refractivity contribution in [1.82, 2.24) is 10.0 Å². The zero-order chi connectivity index (χ0) is 33.6. The molecule has 0 unspecified atom stereocenters. The third kappa shape index (κ3) is 4.73. The average Bonchev–Trinajstić information content (AvgIpc) is 3.89. The van der Waals surface area contributed by atoms with Crippen molar-refractivity contribution in [3.63, 3.8) is 0 Å². The molecule has 0 atom stereocenters. The monoisotopic (exact) mass is 676 g/mol. The minimum Gasteiger partial charge on any atom is -0.456 e. The topological polar surface area (TPSA) is 73.4 Å². The van der Waals surface area contributed by atoms with E-state index < -0.39 is 23.3 Å². The van der Waals surface area contributed by atoms with Crippen LogP contribution in [0.25, 0.3) is 0 Å². The molecule has 2 aliphatic rings. The van der Waals surface area contributed by atoms with Crippen molar-refractivity contribution < 1.29 is 19.1 Å². The van der Waals surface area contributed by atoms with Crippen LogP contribution in [0.4, 0.5) is 11.4 Å². The summed E-state index contributed by atoms with van der Waals surface area (Å²) in [5.41, 5.74) is 2.98. The second-order valence-electron chi connectivity index (χ2n) is 11.6. The zero-order valence-electron chi connectivity index (χ0n) is 27.3. The molecule has 48 heavy (non-hydrogen) atoms. The van der Waals surface area contributed by atoms with Crippen molar-refractivity contribution in [1.29, 1.82) is 0 Å². The minimum absolute atomic E-state index is 0.347. The predicted molar refractivity (Wildman–Crippen MR) is 192 cm³/mol. The van der Waals surface area contributed by atoms with Crippen LogP contribution < -0.4 is 14.5 Å². The van der Waals surface area contributed by atoms with E-state index in [0.29, 0.717) is 43.5 Å². The highest BCUT2D eigenvalue weighted by atomic mass is 32.1. The van der Waals surface area contributed by atoms with E-state index >= 15 is 0 Å². The third-order valence-electron chi connectivity index (χ3n) is 9.29. The number of thiophene rings is 2. The van der Waals surface area contributed by atoms with E-state index in [-0.39, 0.29) is 0 Å². The summed E-state index contributed by atoms with van der Waals surface area (Å²) < 4.78 is 6.79. The second kappa shape index (κ2) is 12.6. The lowest BCUT2D eigenvalue weighted by Gasteiger charge is -2.47. The maximum absolute atomic E-state index is 14.9. The van der Waals surface area contributed by atoms with Crippen molar-refractivity contribution in [2.75, 3.05) is 36.0 Å². The summed E-state index contributed by atoms with van der Waals surface area (Å²) in [4.78, 5) is 49.3. The van der Waals surface area contributed by atoms with Gasteiger partial charge < -0.3 is 14.5 Å². The number of amides is 3. The SMILES string of the molecule is CCN(CC)c1ccc2c(c1)Oc1cc(N(CC)CC)ccc1C21c2ccccc2C(=O)N1N(C(=O)c1cccs1)C(=O)c1cccs1. The Hall–Kier alpha value is -4.93. The normalized spacial score (nSPS) is 13.8. The van der Waals surface area contributed by atoms with Gasteiger partial charge in [0, 0.05) is 71.9 Å². The van der Waals surface area contributed by atoms with Gasteiger partial charge in [-0.2, -0.15) is 5.01 Å². The molecule has 0 N–H and O–H groups in total. The fraction of sp³-hybridized carbons (Fsp3) is 0.237. The average molecular weight is 677 g/mol. The number of ether oxygens (including phenoxy) is 1. The van der Waals surface area contributed by atoms with Gasteiger partial charge in [0.1, 0.15) is 17.0 Å². The standard InChI is InChI=1S/C38H36N4O4S2/c1-5-39(6-2)25-17-19-29-31(23-25)46-32-24-26(40(7-3)8-4)18-20-30(32)38(29)28-14-10-9-13-27(28)35(43)42(38)41(36(44)33-15-11-21-47-33)37(45)34-16-12-22-48-34/h9-24H,5-8H2,1-4H3. The number of hydrogen-bond acceptors (Lipinski definition) is 8. The largest absolute Gasteiger partial charge is 0.456 e. The Labute approximate surface area is 288 Å². The maximum atomic E-state index is 14.9. The van der Waals surface area contributed by atoms with E-state index in [1.807, 2.05) is 54.6 Å². The number of hydrogen-bond donors (Lipinski definition) is 0. The molecule has 8 nitrogen and oxygen atoms in total. The summed E-state index contributed by atoms with van der Waals surface area (Å²) in [6.45, 7) is 11.6. The van der Waals surface area contributed by atoms with Gasteiger partial charge in [-0.15, -0.1) is 22.7 Å². The van der Waals surface area contributed by atoms with Gasteiger partial charge >= 0.3 is 0 Å². The molecular formula is C38H36N4O4S2. The summed E-state index contributed by atoms with van der Waals surface area (Å²) in [6, 6.07) is 26.3. The van der Waals surface area contributed by atoms with Crippen LogP contribution in [-0.2, 0) is 5.54 Å². The third-order valence-corrected chi connectivity index (χ3v) is 11.0. The first-order valence-electron chi connectivity index (χ1n) is 16.2. The maximum Gasteiger partial charge on any atom is 0.290 e. The van der Waals surface area contributed by atoms with E-state index in [2.05, 4.69) is 37.5 Å². The van der Waals surface area contributed by atoms with Crippen LogP contribution in [0, 0.1) is 0 Å². The molecule has 1 spiro atoms. The fourth-order valence-corrected chi connectivity index (χ4v) is 8.33. The molecule has 0 saturated carbocycles. The molecule has 3 aromatic carbocycles. The molecule has 244 valence electrons. The van der Waals surface area contributed by atoms with Gasteiger partial charge in [0.15, 0.2) is 0 Å². The number of nitrogens with zero attached hydrogens (tertiary/aromatic N) is 4. The summed E-state index contributed by atoms with van der Waals surface area (Å²) in [5.74, 6) is -0.466. The van der Waals surface area contributed by atoms with Crippen molar-refractivity contribution >= 4 is 51.8 Å². The molecule has 2 aliphatic heterocycles. The smallest absolute Gasteiger partial charge is 0.290 e. The second-order valence-corrected chi connectivity index (χ2v) is 13.5. The molecule has 5 aromatic rings. The number of rotatable bonds is 9. The van der Waals surface area contributed by atoms with Crippen LogP contribution >= 0.6 is 22.7 Å². The first kappa shape index (κ1) is 31.7. The van der Waals surface area contributed by atoms with Crippen LogP contribution in [0.2, 0.25) is 0 Å². The van der Waals surface area contributed by atoms with Crippen LogP contribution in [0.1, 0.15) is 74.1 Å². The number of fused-ring (bicyclic) bond motifs is 6. The molecule has 10 heteroatoms. The van der Waals surface area contributed by atoms with Crippen LogP contribution in [-0.4, -0.2) is 53.9 Å². The first-order chi connectivity index (χ1) is 23.4. The van der Waals surface area contributed by atoms with Gasteiger partial charge in [-0.25, -0.2) is 5.01 Å². The highest BCUT2D eigenvalue weighted by Gasteiger charge is 2.60. The first-order valence-corrected chi connectivity index (χ1v) is 18.0. The number of carbonyl (C=O) groups excluding carboxylic acids is 3. The highest BCUT2D eigenvalue weighted by Crippen LogP contribution is 2.59. The lowest BCUT2D eigenvalue weighted by molar-refractivity contribution is -0.0220. The summed E-state index contributed by atoms with van der Waals surface area (Å²) in [7, 11) is 0. The van der Waals surface area contributed by atoms with E-state index in [1.165, 1.54) is 27.7 Å². The molecular weight excluding hydrogens is 641 g/mol. The van der Waals surface area contributed by atoms with Gasteiger partial charge in [0.05, 0.1) is 9.75 Å². The molecule has 3 amide bonds. The van der Waals surface area contributed by atoms with Crippen LogP contribution in [0.15, 0.2) is 95.7 Å². The van der Waals surface area contributed by atoms with E-state index in [9.17, 15) is 14.4 Å². The number of anilines is 2. The summed E-state index contributed by atoms with van der Waals surface area (Å²) in [6.07, 6.45) is 0. The van der Waals surface area contributed by atoms with E-state index in [1.54, 1.807) is 41.1 Å². The summed E-state index contributed by atoms with van der Waals surface area (Å²) in [5, 5.41) is 6.05. The fourth-order valence-electron chi connectivity index (χ4n) is 7.03. The van der Waals surface area contributed by atoms with Crippen molar-refractivity contribution in [3.05, 3.63) is 128 Å². The van der Waals surface area contributed by atoms with Gasteiger partial charge in [-0.1, -0.05) is 42.5 Å². The Morgan fingerprint density at radius 3 is 1.62 bits per heavy atom. The Morgan fingerprint density at radius 1 is 0.667 bits per heavy atom. The van der Waals surface area contributed by atoms with E-state index in [0.717, 1.165) is 42.6 Å². The minimum atomic E-state index is -1.40. The predicted octanol–water partition coefficient (Wildman–Crippen LogP) is 8.25. The molecule has 7 rings (SSSR count). The summed E-state index contributed by atoms with van der Waals surface area (Å²) >= 11 is 2.46. The molecule has 2 aromatic heterocycles. The molecule has 0 fully saturated rings. The van der Waals surface area contributed by atoms with Crippen molar-refractivity contribution in [3.8, 4) is 11.5 Å². The molecule has 0 radical (unpaired) electrons. The van der Waals surface area contributed by atoms with Gasteiger partial charge in [0.2, 0.25) is 0 Å². The number of benzene rings is 3. The highest BCUT2D eigenvalue weighted by molar-refractivity contribution is 7.12. The van der Waals surface area contributed by atoms with E-state index in [4.69, 9.17) is 4.74 Å². The number of carbonyl (C=O) groups is 3. The zero-order valence-corrected chi connectivity index (χ0v) is 28.9. The Balaban J connectivity index is 1.57. The van der Waals surface area contributed by atoms with Crippen molar-refractivity contribution in [2.45, 2.75) is 33.2 Å². The lowest BCUT2D eigenvalue weighted by Crippen LogP contribution is -2.59. The molecule has 0 aliphatic carbocycles. The van der Waals surface area contributed by atoms with Gasteiger partial charge in [-0.3, -0.25) is 14.4 Å². The van der Waals surface area contributed by atoms with Gasteiger partial charge in [-0.05, 0) is 68.8 Å². The Morgan fingerprint density at radius 2 is 1.17 bits per heavy atom. The van der Waals surface area contributed by atoms with Crippen LogP contribution in [0.5, 0.6) is 11.5 Å². The van der Waals surface area contributed by atoms with Gasteiger partial charge in [0.25, 0.3) is 17.7 Å². The quantitative estimate of drug-likeness (QED) is 0.147. The van der Waals surface area contributed by atoms with Crippen LogP contribution in [0.3, 0.4) is 0 Å². The Bertz CT molecular complexity index is 1890. The Kier molecular flexibility index (Phi) is 8.30. The number of imide groups is 1. The molecule has 0 bridgehead atoms.